The molecule has 2 amide bonds. The normalized spacial score (nSPS) is 20.8. The highest BCUT2D eigenvalue weighted by Gasteiger charge is 2.34. The molecule has 164 valence electrons. The van der Waals surface area contributed by atoms with E-state index < -0.39 is 0 Å². The molecule has 3 heterocycles. The number of benzene rings is 2. The molecule has 5 rings (SSSR count). The first-order valence-electron chi connectivity index (χ1n) is 11.4. The van der Waals surface area contributed by atoms with E-state index in [0.29, 0.717) is 0 Å². The molecule has 2 saturated heterocycles. The van der Waals surface area contributed by atoms with Crippen LogP contribution in [0.4, 0.5) is 16.2 Å². The van der Waals surface area contributed by atoms with Crippen molar-refractivity contribution in [2.24, 2.45) is 0 Å². The first-order chi connectivity index (χ1) is 15.0. The Morgan fingerprint density at radius 1 is 0.871 bits per heavy atom. The van der Waals surface area contributed by atoms with Crippen LogP contribution in [0.15, 0.2) is 48.5 Å². The first-order valence-corrected chi connectivity index (χ1v) is 11.4. The molecular formula is C25H32N4O2. The summed E-state index contributed by atoms with van der Waals surface area (Å²) in [5.41, 5.74) is 3.43. The van der Waals surface area contributed by atoms with Crippen LogP contribution >= 0.6 is 0 Å². The lowest BCUT2D eigenvalue weighted by molar-refractivity contribution is 0.138. The lowest BCUT2D eigenvalue weighted by Crippen LogP contribution is -2.49. The molecule has 6 nitrogen and oxygen atoms in total. The van der Waals surface area contributed by atoms with E-state index in [0.717, 1.165) is 70.2 Å². The predicted octanol–water partition coefficient (Wildman–Crippen LogP) is 3.46. The molecule has 0 bridgehead atoms. The van der Waals surface area contributed by atoms with Crippen molar-refractivity contribution in [3.63, 3.8) is 0 Å². The molecule has 6 heteroatoms. The first kappa shape index (κ1) is 20.2. The van der Waals surface area contributed by atoms with E-state index in [4.69, 9.17) is 4.74 Å². The highest BCUT2D eigenvalue weighted by molar-refractivity contribution is 5.94. The molecule has 0 saturated carbocycles. The Morgan fingerprint density at radius 3 is 2.42 bits per heavy atom. The molecular weight excluding hydrogens is 388 g/mol. The molecule has 0 unspecified atom stereocenters. The summed E-state index contributed by atoms with van der Waals surface area (Å²) in [6, 6.07) is 16.6. The highest BCUT2D eigenvalue weighted by Crippen LogP contribution is 2.42. The van der Waals surface area contributed by atoms with E-state index >= 15 is 0 Å². The number of hydrogen-bond acceptors (Lipinski definition) is 4. The fourth-order valence-electron chi connectivity index (χ4n) is 4.96. The summed E-state index contributed by atoms with van der Waals surface area (Å²) in [7, 11) is 0. The summed E-state index contributed by atoms with van der Waals surface area (Å²) in [4.78, 5) is 21.6. The van der Waals surface area contributed by atoms with Crippen LogP contribution in [-0.4, -0.2) is 73.8 Å². The summed E-state index contributed by atoms with van der Waals surface area (Å²) in [6.45, 7) is 11.6. The number of anilines is 2. The Labute approximate surface area is 185 Å². The Hall–Kier alpha value is -2.73. The van der Waals surface area contributed by atoms with Crippen molar-refractivity contribution >= 4 is 17.4 Å². The Kier molecular flexibility index (Phi) is 5.26. The van der Waals surface area contributed by atoms with E-state index in [9.17, 15) is 4.79 Å². The van der Waals surface area contributed by atoms with Crippen molar-refractivity contribution in [3.05, 3.63) is 54.1 Å². The standard InChI is InChI=1S/C25H32N4O2/c1-25(2)19-20-7-6-10-22(23(20)31-25)27-14-11-26(12-15-27)13-16-28-17-18-29(24(28)30)21-8-4-3-5-9-21/h3-10H,11-19H2,1-2H3. The second-order valence-corrected chi connectivity index (χ2v) is 9.39. The van der Waals surface area contributed by atoms with Gasteiger partial charge in [0.15, 0.2) is 0 Å². The van der Waals surface area contributed by atoms with Crippen LogP contribution in [-0.2, 0) is 6.42 Å². The van der Waals surface area contributed by atoms with Gasteiger partial charge < -0.3 is 14.5 Å². The summed E-state index contributed by atoms with van der Waals surface area (Å²) in [5.74, 6) is 1.07. The number of fused-ring (bicyclic) bond motifs is 1. The van der Waals surface area contributed by atoms with Gasteiger partial charge in [0.05, 0.1) is 5.69 Å². The molecule has 3 aliphatic rings. The smallest absolute Gasteiger partial charge is 0.324 e. The van der Waals surface area contributed by atoms with Crippen molar-refractivity contribution < 1.29 is 9.53 Å². The molecule has 3 aliphatic heterocycles. The lowest BCUT2D eigenvalue weighted by atomic mass is 10.0. The van der Waals surface area contributed by atoms with Crippen LogP contribution in [0.2, 0.25) is 0 Å². The fraction of sp³-hybridized carbons (Fsp3) is 0.480. The average molecular weight is 421 g/mol. The molecule has 0 aliphatic carbocycles. The van der Waals surface area contributed by atoms with E-state index in [2.05, 4.69) is 41.8 Å². The van der Waals surface area contributed by atoms with Crippen molar-refractivity contribution in [2.45, 2.75) is 25.9 Å². The number of ether oxygens (including phenoxy) is 1. The summed E-state index contributed by atoms with van der Waals surface area (Å²) in [6.07, 6.45) is 0.972. The summed E-state index contributed by atoms with van der Waals surface area (Å²) < 4.78 is 6.27. The summed E-state index contributed by atoms with van der Waals surface area (Å²) >= 11 is 0. The monoisotopic (exact) mass is 420 g/mol. The maximum Gasteiger partial charge on any atom is 0.324 e. The van der Waals surface area contributed by atoms with Crippen molar-refractivity contribution in [3.8, 4) is 5.75 Å². The minimum Gasteiger partial charge on any atom is -0.485 e. The predicted molar refractivity (Wildman–Crippen MR) is 124 cm³/mol. The summed E-state index contributed by atoms with van der Waals surface area (Å²) in [5, 5.41) is 0. The third kappa shape index (κ3) is 4.09. The van der Waals surface area contributed by atoms with Gasteiger partial charge >= 0.3 is 6.03 Å². The van der Waals surface area contributed by atoms with Gasteiger partial charge in [-0.05, 0) is 32.0 Å². The van der Waals surface area contributed by atoms with Gasteiger partial charge in [-0.2, -0.15) is 0 Å². The quantitative estimate of drug-likeness (QED) is 0.743. The minimum absolute atomic E-state index is 0.115. The van der Waals surface area contributed by atoms with Crippen molar-refractivity contribution in [1.82, 2.24) is 9.80 Å². The molecule has 0 atom stereocenters. The zero-order valence-corrected chi connectivity index (χ0v) is 18.6. The highest BCUT2D eigenvalue weighted by atomic mass is 16.5. The molecule has 0 spiro atoms. The number of carbonyl (C=O) groups excluding carboxylic acids is 1. The number of para-hydroxylation sites is 2. The molecule has 31 heavy (non-hydrogen) atoms. The Bertz CT molecular complexity index is 938. The molecule has 2 fully saturated rings. The van der Waals surface area contributed by atoms with Crippen LogP contribution in [0.3, 0.4) is 0 Å². The number of urea groups is 1. The van der Waals surface area contributed by atoms with Gasteiger partial charge in [-0.15, -0.1) is 0 Å². The average Bonchev–Trinajstić information content (AvgIpc) is 3.30. The molecule has 0 N–H and O–H groups in total. The Balaban J connectivity index is 1.14. The van der Waals surface area contributed by atoms with Crippen LogP contribution in [0.25, 0.3) is 0 Å². The number of rotatable bonds is 5. The van der Waals surface area contributed by atoms with Gasteiger partial charge in [0.1, 0.15) is 11.4 Å². The number of piperazine rings is 1. The largest absolute Gasteiger partial charge is 0.485 e. The maximum atomic E-state index is 12.8. The zero-order valence-electron chi connectivity index (χ0n) is 18.6. The topological polar surface area (TPSA) is 39.3 Å². The fourth-order valence-corrected chi connectivity index (χ4v) is 4.96. The second-order valence-electron chi connectivity index (χ2n) is 9.39. The number of amides is 2. The molecule has 0 aromatic heterocycles. The van der Waals surface area contributed by atoms with Gasteiger partial charge in [0, 0.05) is 70.0 Å². The van der Waals surface area contributed by atoms with E-state index in [1.165, 1.54) is 11.3 Å². The third-order valence-corrected chi connectivity index (χ3v) is 6.63. The van der Waals surface area contributed by atoms with Gasteiger partial charge in [-0.3, -0.25) is 9.80 Å². The number of carbonyl (C=O) groups is 1. The SMILES string of the molecule is CC1(C)Cc2cccc(N3CCN(CCN4CCN(c5ccccc5)C4=O)CC3)c2O1. The third-order valence-electron chi connectivity index (χ3n) is 6.63. The molecule has 2 aromatic rings. The number of hydrogen-bond donors (Lipinski definition) is 0. The second kappa shape index (κ2) is 8.08. The number of nitrogens with zero attached hydrogens (tertiary/aromatic N) is 4. The van der Waals surface area contributed by atoms with Gasteiger partial charge in [0.25, 0.3) is 0 Å². The van der Waals surface area contributed by atoms with Crippen LogP contribution in [0.1, 0.15) is 19.4 Å². The van der Waals surface area contributed by atoms with E-state index in [1.54, 1.807) is 0 Å². The van der Waals surface area contributed by atoms with Gasteiger partial charge in [-0.1, -0.05) is 30.3 Å². The zero-order chi connectivity index (χ0) is 21.4. The Morgan fingerprint density at radius 2 is 1.65 bits per heavy atom. The van der Waals surface area contributed by atoms with E-state index in [1.807, 2.05) is 40.1 Å². The van der Waals surface area contributed by atoms with Crippen molar-refractivity contribution in [1.29, 1.82) is 0 Å². The van der Waals surface area contributed by atoms with Crippen molar-refractivity contribution in [2.75, 3.05) is 62.2 Å². The van der Waals surface area contributed by atoms with Crippen LogP contribution in [0, 0.1) is 0 Å². The molecule has 2 aromatic carbocycles. The molecule has 0 radical (unpaired) electrons. The maximum absolute atomic E-state index is 12.8. The van der Waals surface area contributed by atoms with Crippen LogP contribution < -0.4 is 14.5 Å². The van der Waals surface area contributed by atoms with E-state index in [-0.39, 0.29) is 11.6 Å². The van der Waals surface area contributed by atoms with Crippen LogP contribution in [0.5, 0.6) is 5.75 Å². The minimum atomic E-state index is -0.115. The van der Waals surface area contributed by atoms with Gasteiger partial charge in [-0.25, -0.2) is 4.79 Å². The van der Waals surface area contributed by atoms with Gasteiger partial charge in [0.2, 0.25) is 0 Å². The lowest BCUT2D eigenvalue weighted by Gasteiger charge is -2.37.